The molecule has 1 aliphatic rings. The van der Waals surface area contributed by atoms with Crippen LogP contribution in [0.4, 0.5) is 25.0 Å². The summed E-state index contributed by atoms with van der Waals surface area (Å²) in [6.45, 7) is 3.68. The number of hydrogen-bond donors (Lipinski definition) is 3. The van der Waals surface area contributed by atoms with Crippen molar-refractivity contribution in [1.82, 2.24) is 19.2 Å². The number of fused-ring (bicyclic) bond motifs is 1. The van der Waals surface area contributed by atoms with Gasteiger partial charge in [0.1, 0.15) is 4.90 Å². The topological polar surface area (TPSA) is 108 Å². The third-order valence-corrected chi connectivity index (χ3v) is 8.95. The lowest BCUT2D eigenvalue weighted by molar-refractivity contribution is 0.0176. The van der Waals surface area contributed by atoms with Crippen LogP contribution in [-0.4, -0.2) is 55.1 Å². The number of aromatic nitrogens is 2. The molecular weight excluding hydrogens is 586 g/mol. The Bertz CT molecular complexity index is 1680. The summed E-state index contributed by atoms with van der Waals surface area (Å²) < 4.78 is 58.6. The fourth-order valence-corrected chi connectivity index (χ4v) is 6.51. The van der Waals surface area contributed by atoms with Crippen LogP contribution in [0.5, 0.6) is 0 Å². The summed E-state index contributed by atoms with van der Waals surface area (Å²) in [5.74, 6) is -3.17. The average Bonchev–Trinajstić information content (AvgIpc) is 3.35. The van der Waals surface area contributed by atoms with Crippen molar-refractivity contribution in [2.75, 3.05) is 36.8 Å². The van der Waals surface area contributed by atoms with Gasteiger partial charge in [0, 0.05) is 65.4 Å². The number of pyridine rings is 1. The Morgan fingerprint density at radius 3 is 2.43 bits per heavy atom. The fourth-order valence-electron chi connectivity index (χ4n) is 5.01. The summed E-state index contributed by atoms with van der Waals surface area (Å²) in [5, 5.41) is 5.63. The van der Waals surface area contributed by atoms with Crippen LogP contribution >= 0.6 is 11.6 Å². The molecule has 1 fully saturated rings. The molecule has 4 aromatic rings. The minimum Gasteiger partial charge on any atom is -0.314 e. The number of rotatable bonds is 9. The fraction of sp³-hybridized carbons (Fsp3) is 0.310. The smallest absolute Gasteiger partial charge is 0.314 e. The Hall–Kier alpha value is -3.58. The zero-order valence-corrected chi connectivity index (χ0v) is 24.5. The van der Waals surface area contributed by atoms with Gasteiger partial charge in [-0.3, -0.25) is 4.98 Å². The van der Waals surface area contributed by atoms with Gasteiger partial charge in [-0.15, -0.1) is 0 Å². The van der Waals surface area contributed by atoms with E-state index in [1.807, 2.05) is 0 Å². The molecule has 1 saturated heterocycles. The number of likely N-dealkylation sites (tertiary alicyclic amines) is 1. The van der Waals surface area contributed by atoms with Crippen molar-refractivity contribution in [3.63, 3.8) is 0 Å². The van der Waals surface area contributed by atoms with Gasteiger partial charge in [-0.1, -0.05) is 18.0 Å². The van der Waals surface area contributed by atoms with Crippen LogP contribution in [0.2, 0.25) is 5.02 Å². The third kappa shape index (κ3) is 6.89. The number of benzene rings is 2. The van der Waals surface area contributed by atoms with Crippen LogP contribution in [0.3, 0.4) is 0 Å². The molecule has 0 atom stereocenters. The molecule has 0 spiro atoms. The quantitative estimate of drug-likeness (QED) is 0.208. The zero-order valence-electron chi connectivity index (χ0n) is 22.9. The van der Waals surface area contributed by atoms with Gasteiger partial charge in [0.25, 0.3) is 5.92 Å². The number of amides is 2. The van der Waals surface area contributed by atoms with Crippen LogP contribution in [-0.2, 0) is 15.9 Å². The molecule has 1 aliphatic heterocycles. The highest BCUT2D eigenvalue weighted by Crippen LogP contribution is 2.34. The average molecular weight is 617 g/mol. The standard InChI is InChI=1S/C29H31ClF2N6O3S/c1-29(31,32)24-17-21(7-10-25(24)30)36-28(39)35-20-5-8-22(9-6-20)38-19-27(23-11-12-33-18-26(23)38)42(40,41)34-13-16-37-14-3-2-4-15-37/h5-12,17-19,34H,2-4,13-16H2,1H3,(H2,35,36,39). The molecular formula is C29H31ClF2N6O3S. The summed E-state index contributed by atoms with van der Waals surface area (Å²) in [5.41, 5.74) is 1.47. The van der Waals surface area contributed by atoms with E-state index in [0.717, 1.165) is 38.9 Å². The number of alkyl halides is 2. The predicted octanol–water partition coefficient (Wildman–Crippen LogP) is 6.20. The zero-order chi connectivity index (χ0) is 29.9. The minimum absolute atomic E-state index is 0.0963. The molecule has 2 amide bonds. The number of anilines is 2. The van der Waals surface area contributed by atoms with E-state index in [1.165, 1.54) is 18.6 Å². The second kappa shape index (κ2) is 12.3. The predicted molar refractivity (Wildman–Crippen MR) is 160 cm³/mol. The molecule has 2 aromatic carbocycles. The van der Waals surface area contributed by atoms with Crippen LogP contribution in [0.25, 0.3) is 16.6 Å². The first-order chi connectivity index (χ1) is 20.0. The molecule has 3 heterocycles. The maximum absolute atomic E-state index is 13.8. The van der Waals surface area contributed by atoms with Gasteiger partial charge in [0.15, 0.2) is 0 Å². The first-order valence-electron chi connectivity index (χ1n) is 13.5. The normalized spacial score (nSPS) is 14.7. The van der Waals surface area contributed by atoms with Gasteiger partial charge in [-0.05, 0) is 74.5 Å². The molecule has 42 heavy (non-hydrogen) atoms. The second-order valence-electron chi connectivity index (χ2n) is 10.3. The summed E-state index contributed by atoms with van der Waals surface area (Å²) in [6, 6.07) is 11.6. The minimum atomic E-state index is -3.79. The Morgan fingerprint density at radius 1 is 1.02 bits per heavy atom. The number of carbonyl (C=O) groups excluding carboxylic acids is 1. The van der Waals surface area contributed by atoms with Crippen molar-refractivity contribution < 1.29 is 22.0 Å². The van der Waals surface area contributed by atoms with Crippen molar-refractivity contribution in [1.29, 1.82) is 0 Å². The van der Waals surface area contributed by atoms with E-state index in [2.05, 4.69) is 25.2 Å². The number of sulfonamides is 1. The van der Waals surface area contributed by atoms with Gasteiger partial charge in [-0.2, -0.15) is 0 Å². The van der Waals surface area contributed by atoms with E-state index in [-0.39, 0.29) is 15.6 Å². The number of nitrogens with one attached hydrogen (secondary N) is 3. The number of piperidine rings is 1. The Morgan fingerprint density at radius 2 is 1.71 bits per heavy atom. The number of nitrogens with zero attached hydrogens (tertiary/aromatic N) is 3. The molecule has 9 nitrogen and oxygen atoms in total. The van der Waals surface area contributed by atoms with Crippen molar-refractivity contribution in [3.05, 3.63) is 77.7 Å². The second-order valence-corrected chi connectivity index (χ2v) is 12.4. The van der Waals surface area contributed by atoms with Crippen molar-refractivity contribution in [3.8, 4) is 5.69 Å². The number of hydrogen-bond acceptors (Lipinski definition) is 5. The van der Waals surface area contributed by atoms with Crippen LogP contribution in [0.15, 0.2) is 72.0 Å². The van der Waals surface area contributed by atoms with E-state index in [0.29, 0.717) is 35.4 Å². The first-order valence-corrected chi connectivity index (χ1v) is 15.4. The molecule has 0 saturated carbocycles. The van der Waals surface area contributed by atoms with E-state index in [4.69, 9.17) is 11.6 Å². The molecule has 0 unspecified atom stereocenters. The largest absolute Gasteiger partial charge is 0.323 e. The summed E-state index contributed by atoms with van der Waals surface area (Å²) in [7, 11) is -3.79. The maximum Gasteiger partial charge on any atom is 0.323 e. The van der Waals surface area contributed by atoms with Crippen LogP contribution in [0, 0.1) is 0 Å². The molecule has 2 aromatic heterocycles. The number of carbonyl (C=O) groups is 1. The monoisotopic (exact) mass is 616 g/mol. The first kappa shape index (κ1) is 29.9. The molecule has 3 N–H and O–H groups in total. The molecule has 0 bridgehead atoms. The number of urea groups is 1. The van der Waals surface area contributed by atoms with E-state index < -0.39 is 27.5 Å². The maximum atomic E-state index is 13.8. The van der Waals surface area contributed by atoms with Gasteiger partial charge >= 0.3 is 6.03 Å². The Labute approximate surface area is 247 Å². The lowest BCUT2D eigenvalue weighted by atomic mass is 10.1. The highest BCUT2D eigenvalue weighted by atomic mass is 35.5. The molecule has 13 heteroatoms. The molecule has 5 rings (SSSR count). The third-order valence-electron chi connectivity index (χ3n) is 7.13. The highest BCUT2D eigenvalue weighted by molar-refractivity contribution is 7.89. The summed E-state index contributed by atoms with van der Waals surface area (Å²) in [4.78, 5) is 19.1. The van der Waals surface area contributed by atoms with Crippen molar-refractivity contribution in [2.45, 2.75) is 37.0 Å². The Kier molecular flexibility index (Phi) is 8.78. The van der Waals surface area contributed by atoms with Crippen molar-refractivity contribution >= 4 is 49.9 Å². The molecule has 0 radical (unpaired) electrons. The molecule has 222 valence electrons. The SMILES string of the molecule is CC(F)(F)c1cc(NC(=O)Nc2ccc(-n3cc(S(=O)(=O)NCCN4CCCCC4)c4ccncc43)cc2)ccc1Cl. The number of halogens is 3. The van der Waals surface area contributed by atoms with Crippen molar-refractivity contribution in [2.24, 2.45) is 0 Å². The summed E-state index contributed by atoms with van der Waals surface area (Å²) >= 11 is 5.87. The van der Waals surface area contributed by atoms with Gasteiger partial charge < -0.3 is 20.1 Å². The molecule has 0 aliphatic carbocycles. The summed E-state index contributed by atoms with van der Waals surface area (Å²) in [6.07, 6.45) is 8.20. The van der Waals surface area contributed by atoms with Crippen LogP contribution < -0.4 is 15.4 Å². The lowest BCUT2D eigenvalue weighted by Crippen LogP contribution is -2.37. The highest BCUT2D eigenvalue weighted by Gasteiger charge is 2.28. The van der Waals surface area contributed by atoms with E-state index in [1.54, 1.807) is 53.5 Å². The van der Waals surface area contributed by atoms with Crippen LogP contribution in [0.1, 0.15) is 31.7 Å². The van der Waals surface area contributed by atoms with E-state index in [9.17, 15) is 22.0 Å². The van der Waals surface area contributed by atoms with Gasteiger partial charge in [0.05, 0.1) is 11.7 Å². The van der Waals surface area contributed by atoms with Gasteiger partial charge in [0.2, 0.25) is 10.0 Å². The lowest BCUT2D eigenvalue weighted by Gasteiger charge is -2.26. The van der Waals surface area contributed by atoms with Gasteiger partial charge in [-0.25, -0.2) is 26.7 Å². The Balaban J connectivity index is 1.29. The van der Waals surface area contributed by atoms with E-state index >= 15 is 0 Å².